The lowest BCUT2D eigenvalue weighted by molar-refractivity contribution is -0.137. The first-order chi connectivity index (χ1) is 11.2. The first-order valence-corrected chi connectivity index (χ1v) is 7.01. The van der Waals surface area contributed by atoms with Gasteiger partial charge in [0.2, 0.25) is 0 Å². The van der Waals surface area contributed by atoms with Crippen LogP contribution in [0.3, 0.4) is 0 Å². The molecule has 2 aromatic heterocycles. The standard InChI is InChI=1S/C16H13F3N4O/c1-8-13-14(20-10(3)21-15(13)24)23(22-8)9(2)11-4-6-12(7-5-11)16(17,18)19/h4-7H,2H2,1,3H3,(H,20,21,24). The fourth-order valence-electron chi connectivity index (χ4n) is 2.46. The highest BCUT2D eigenvalue weighted by Gasteiger charge is 2.30. The van der Waals surface area contributed by atoms with Crippen molar-refractivity contribution >= 4 is 16.7 Å². The van der Waals surface area contributed by atoms with Gasteiger partial charge in [-0.2, -0.15) is 18.3 Å². The van der Waals surface area contributed by atoms with E-state index in [-0.39, 0.29) is 5.56 Å². The third kappa shape index (κ3) is 2.60. The van der Waals surface area contributed by atoms with Gasteiger partial charge in [-0.15, -0.1) is 0 Å². The molecule has 1 N–H and O–H groups in total. The van der Waals surface area contributed by atoms with Gasteiger partial charge in [-0.1, -0.05) is 18.7 Å². The molecule has 5 nitrogen and oxygen atoms in total. The molecular weight excluding hydrogens is 321 g/mol. The Morgan fingerprint density at radius 2 is 1.83 bits per heavy atom. The third-order valence-electron chi connectivity index (χ3n) is 3.63. The zero-order valence-electron chi connectivity index (χ0n) is 12.9. The lowest BCUT2D eigenvalue weighted by Gasteiger charge is -2.10. The lowest BCUT2D eigenvalue weighted by atomic mass is 10.1. The Hall–Kier alpha value is -2.90. The first kappa shape index (κ1) is 16.0. The summed E-state index contributed by atoms with van der Waals surface area (Å²) in [5, 5.41) is 4.58. The second-order valence-electron chi connectivity index (χ2n) is 5.37. The van der Waals surface area contributed by atoms with Gasteiger partial charge >= 0.3 is 6.18 Å². The van der Waals surface area contributed by atoms with Crippen LogP contribution in [-0.4, -0.2) is 19.7 Å². The van der Waals surface area contributed by atoms with Crippen LogP contribution < -0.4 is 5.56 Å². The molecular formula is C16H13F3N4O. The molecule has 124 valence electrons. The van der Waals surface area contributed by atoms with E-state index in [2.05, 4.69) is 21.6 Å². The molecule has 3 aromatic rings. The molecule has 0 saturated carbocycles. The number of hydrogen-bond acceptors (Lipinski definition) is 3. The van der Waals surface area contributed by atoms with Crippen LogP contribution in [0.25, 0.3) is 16.7 Å². The Morgan fingerprint density at radius 3 is 2.42 bits per heavy atom. The third-order valence-corrected chi connectivity index (χ3v) is 3.63. The topological polar surface area (TPSA) is 63.6 Å². The van der Waals surface area contributed by atoms with E-state index >= 15 is 0 Å². The number of halogens is 3. The molecule has 0 fully saturated rings. The number of aromatic amines is 1. The van der Waals surface area contributed by atoms with Crippen LogP contribution in [0.15, 0.2) is 35.6 Å². The summed E-state index contributed by atoms with van der Waals surface area (Å²) >= 11 is 0. The van der Waals surface area contributed by atoms with Crippen LogP contribution in [0, 0.1) is 13.8 Å². The van der Waals surface area contributed by atoms with Crippen molar-refractivity contribution in [1.29, 1.82) is 0 Å². The van der Waals surface area contributed by atoms with E-state index in [1.807, 2.05) is 0 Å². The van der Waals surface area contributed by atoms with Gasteiger partial charge in [0.1, 0.15) is 11.2 Å². The predicted molar refractivity (Wildman–Crippen MR) is 83.5 cm³/mol. The number of hydrogen-bond donors (Lipinski definition) is 1. The van der Waals surface area contributed by atoms with Crippen molar-refractivity contribution in [2.45, 2.75) is 20.0 Å². The zero-order chi connectivity index (χ0) is 17.6. The Morgan fingerprint density at radius 1 is 1.21 bits per heavy atom. The highest BCUT2D eigenvalue weighted by Crippen LogP contribution is 2.30. The number of fused-ring (bicyclic) bond motifs is 1. The van der Waals surface area contributed by atoms with Gasteiger partial charge in [0.05, 0.1) is 17.0 Å². The van der Waals surface area contributed by atoms with Gasteiger partial charge in [-0.05, 0) is 31.5 Å². The zero-order valence-corrected chi connectivity index (χ0v) is 12.9. The van der Waals surface area contributed by atoms with Gasteiger partial charge in [-0.3, -0.25) is 4.79 Å². The smallest absolute Gasteiger partial charge is 0.310 e. The lowest BCUT2D eigenvalue weighted by Crippen LogP contribution is -2.11. The van der Waals surface area contributed by atoms with E-state index in [4.69, 9.17) is 0 Å². The summed E-state index contributed by atoms with van der Waals surface area (Å²) in [5.41, 5.74) is 0.504. The molecule has 1 aromatic carbocycles. The average molecular weight is 334 g/mol. The van der Waals surface area contributed by atoms with E-state index < -0.39 is 11.7 Å². The van der Waals surface area contributed by atoms with Crippen LogP contribution in [0.1, 0.15) is 22.6 Å². The van der Waals surface area contributed by atoms with Crippen molar-refractivity contribution in [3.63, 3.8) is 0 Å². The summed E-state index contributed by atoms with van der Waals surface area (Å²) in [6, 6.07) is 4.58. The van der Waals surface area contributed by atoms with E-state index in [1.165, 1.54) is 16.8 Å². The van der Waals surface area contributed by atoms with Crippen LogP contribution in [0.2, 0.25) is 0 Å². The minimum Gasteiger partial charge on any atom is -0.310 e. The van der Waals surface area contributed by atoms with Crippen LogP contribution in [0.5, 0.6) is 0 Å². The number of nitrogens with one attached hydrogen (secondary N) is 1. The number of aromatic nitrogens is 4. The molecule has 0 atom stereocenters. The van der Waals surface area contributed by atoms with Crippen molar-refractivity contribution in [3.05, 3.63) is 63.8 Å². The predicted octanol–water partition coefficient (Wildman–Crippen LogP) is 3.27. The minimum absolute atomic E-state index is 0.318. The fourth-order valence-corrected chi connectivity index (χ4v) is 2.46. The van der Waals surface area contributed by atoms with Crippen molar-refractivity contribution in [2.75, 3.05) is 0 Å². The maximum Gasteiger partial charge on any atom is 0.416 e. The van der Waals surface area contributed by atoms with Crippen LogP contribution in [-0.2, 0) is 6.18 Å². The molecule has 0 aliphatic carbocycles. The fraction of sp³-hybridized carbons (Fsp3) is 0.188. The number of benzene rings is 1. The Balaban J connectivity index is 2.11. The maximum absolute atomic E-state index is 12.7. The molecule has 8 heteroatoms. The van der Waals surface area contributed by atoms with E-state index in [0.717, 1.165) is 12.1 Å². The summed E-state index contributed by atoms with van der Waals surface area (Å²) in [5.74, 6) is 0.411. The molecule has 0 bridgehead atoms. The van der Waals surface area contributed by atoms with Crippen molar-refractivity contribution in [1.82, 2.24) is 19.7 Å². The Kier molecular flexibility index (Phi) is 3.55. The first-order valence-electron chi connectivity index (χ1n) is 7.01. The minimum atomic E-state index is -4.40. The second kappa shape index (κ2) is 5.33. The molecule has 0 aliphatic heterocycles. The summed E-state index contributed by atoms with van der Waals surface area (Å²) < 4.78 is 39.3. The number of nitrogens with zero attached hydrogens (tertiary/aromatic N) is 3. The van der Waals surface area contributed by atoms with Gasteiger partial charge in [0.15, 0.2) is 5.65 Å². The van der Waals surface area contributed by atoms with Gasteiger partial charge in [0.25, 0.3) is 5.56 Å². The van der Waals surface area contributed by atoms with Crippen LogP contribution >= 0.6 is 0 Å². The molecule has 0 aliphatic rings. The Labute approximate surface area is 134 Å². The summed E-state index contributed by atoms with van der Waals surface area (Å²) in [6.45, 7) is 7.17. The number of aryl methyl sites for hydroxylation is 2. The monoisotopic (exact) mass is 334 g/mol. The molecule has 0 radical (unpaired) electrons. The molecule has 2 heterocycles. The number of H-pyrrole nitrogens is 1. The normalized spacial score (nSPS) is 11.9. The quantitative estimate of drug-likeness (QED) is 0.782. The van der Waals surface area contributed by atoms with Crippen molar-refractivity contribution in [3.8, 4) is 0 Å². The molecule has 0 saturated heterocycles. The van der Waals surface area contributed by atoms with E-state index in [0.29, 0.717) is 33.8 Å². The summed E-state index contributed by atoms with van der Waals surface area (Å²) in [4.78, 5) is 18.9. The van der Waals surface area contributed by atoms with E-state index in [1.54, 1.807) is 13.8 Å². The van der Waals surface area contributed by atoms with E-state index in [9.17, 15) is 18.0 Å². The second-order valence-corrected chi connectivity index (χ2v) is 5.37. The Bertz CT molecular complexity index is 997. The highest BCUT2D eigenvalue weighted by atomic mass is 19.4. The SMILES string of the molecule is C=C(c1ccc(C(F)(F)F)cc1)n1nc(C)c2c(=O)[nH]c(C)nc21. The van der Waals surface area contributed by atoms with Crippen molar-refractivity contribution in [2.24, 2.45) is 0 Å². The number of rotatable bonds is 2. The largest absolute Gasteiger partial charge is 0.416 e. The summed E-state index contributed by atoms with van der Waals surface area (Å²) in [6.07, 6.45) is -4.40. The van der Waals surface area contributed by atoms with Crippen molar-refractivity contribution < 1.29 is 13.2 Å². The number of alkyl halides is 3. The molecule has 3 rings (SSSR count). The summed E-state index contributed by atoms with van der Waals surface area (Å²) in [7, 11) is 0. The maximum atomic E-state index is 12.7. The van der Waals surface area contributed by atoms with Crippen LogP contribution in [0.4, 0.5) is 13.2 Å². The van der Waals surface area contributed by atoms with Gasteiger partial charge < -0.3 is 4.98 Å². The average Bonchev–Trinajstić information content (AvgIpc) is 2.82. The molecule has 0 amide bonds. The molecule has 0 unspecified atom stereocenters. The molecule has 24 heavy (non-hydrogen) atoms. The van der Waals surface area contributed by atoms with Gasteiger partial charge in [-0.25, -0.2) is 9.67 Å². The highest BCUT2D eigenvalue weighted by molar-refractivity contribution is 5.82. The van der Waals surface area contributed by atoms with Gasteiger partial charge in [0, 0.05) is 0 Å². The molecule has 0 spiro atoms.